The maximum atomic E-state index is 12.7. The summed E-state index contributed by atoms with van der Waals surface area (Å²) in [4.78, 5) is 36.0. The van der Waals surface area contributed by atoms with Crippen molar-refractivity contribution in [1.82, 2.24) is 14.7 Å². The number of oxime groups is 1. The Morgan fingerprint density at radius 1 is 1.33 bits per heavy atom. The zero-order chi connectivity index (χ0) is 19.6. The molecular formula is C19H32N4O4. The molecule has 1 spiro atoms. The molecule has 27 heavy (non-hydrogen) atoms. The van der Waals surface area contributed by atoms with Crippen LogP contribution in [0.3, 0.4) is 0 Å². The Balaban J connectivity index is 1.47. The van der Waals surface area contributed by atoms with Crippen molar-refractivity contribution in [3.63, 3.8) is 0 Å². The smallest absolute Gasteiger partial charge is 0.410 e. The molecule has 8 nitrogen and oxygen atoms in total. The van der Waals surface area contributed by atoms with Crippen LogP contribution >= 0.6 is 0 Å². The highest BCUT2D eigenvalue weighted by atomic mass is 16.6. The first kappa shape index (κ1) is 19.9. The first-order valence-corrected chi connectivity index (χ1v) is 9.94. The van der Waals surface area contributed by atoms with Crippen LogP contribution in [0.15, 0.2) is 5.16 Å². The van der Waals surface area contributed by atoms with Gasteiger partial charge in [0.1, 0.15) is 5.60 Å². The van der Waals surface area contributed by atoms with Crippen molar-refractivity contribution in [2.24, 2.45) is 11.1 Å². The van der Waals surface area contributed by atoms with Gasteiger partial charge in [0, 0.05) is 38.9 Å². The van der Waals surface area contributed by atoms with Crippen molar-refractivity contribution in [3.05, 3.63) is 0 Å². The molecule has 2 fully saturated rings. The third kappa shape index (κ3) is 4.54. The van der Waals surface area contributed by atoms with E-state index < -0.39 is 11.7 Å². The van der Waals surface area contributed by atoms with Gasteiger partial charge in [-0.25, -0.2) is 4.79 Å². The lowest BCUT2D eigenvalue weighted by Crippen LogP contribution is -2.51. The number of hydrogen-bond donors (Lipinski definition) is 0. The standard InChI is InChI=1S/C19H32N4O4/c1-14(2)15-12-16(27-20-15)17(24)22-10-6-19(7-11-22)13-23(18(25)26-19)9-5-8-21(3)4/h14,16H,5-13H2,1-4H3/t16-/m0/s1. The minimum atomic E-state index is -0.495. The minimum Gasteiger partial charge on any atom is -0.441 e. The molecule has 3 heterocycles. The van der Waals surface area contributed by atoms with E-state index in [0.717, 1.165) is 18.7 Å². The Hall–Kier alpha value is -1.83. The first-order chi connectivity index (χ1) is 12.8. The second-order valence-corrected chi connectivity index (χ2v) is 8.49. The third-order valence-corrected chi connectivity index (χ3v) is 5.69. The average Bonchev–Trinajstić information content (AvgIpc) is 3.21. The Morgan fingerprint density at radius 2 is 2.04 bits per heavy atom. The van der Waals surface area contributed by atoms with Crippen molar-refractivity contribution in [3.8, 4) is 0 Å². The number of piperidine rings is 1. The molecular weight excluding hydrogens is 348 g/mol. The van der Waals surface area contributed by atoms with E-state index in [4.69, 9.17) is 9.57 Å². The van der Waals surface area contributed by atoms with Crippen LogP contribution in [0.1, 0.15) is 39.5 Å². The van der Waals surface area contributed by atoms with Gasteiger partial charge in [-0.1, -0.05) is 19.0 Å². The average molecular weight is 380 g/mol. The SMILES string of the molecule is CC(C)C1=NO[C@H](C(=O)N2CCC3(CC2)CN(CCCN(C)C)C(=O)O3)C1. The molecule has 0 unspecified atom stereocenters. The van der Waals surface area contributed by atoms with Gasteiger partial charge in [-0.2, -0.15) is 0 Å². The molecule has 0 saturated carbocycles. The molecule has 3 rings (SSSR count). The summed E-state index contributed by atoms with van der Waals surface area (Å²) < 4.78 is 5.74. The Morgan fingerprint density at radius 3 is 2.63 bits per heavy atom. The highest BCUT2D eigenvalue weighted by Crippen LogP contribution is 2.34. The van der Waals surface area contributed by atoms with Crippen LogP contribution in [0.5, 0.6) is 0 Å². The van der Waals surface area contributed by atoms with Crippen LogP contribution in [-0.4, -0.2) is 90.9 Å². The van der Waals surface area contributed by atoms with Crippen LogP contribution in [0.25, 0.3) is 0 Å². The second kappa shape index (κ2) is 8.04. The van der Waals surface area contributed by atoms with Gasteiger partial charge in [0.05, 0.1) is 12.3 Å². The van der Waals surface area contributed by atoms with E-state index in [9.17, 15) is 9.59 Å². The fourth-order valence-corrected chi connectivity index (χ4v) is 3.91. The number of nitrogens with zero attached hydrogens (tertiary/aromatic N) is 4. The summed E-state index contributed by atoms with van der Waals surface area (Å²) in [5, 5.41) is 4.05. The number of carbonyl (C=O) groups excluding carboxylic acids is 2. The summed E-state index contributed by atoms with van der Waals surface area (Å²) in [5.41, 5.74) is 0.502. The summed E-state index contributed by atoms with van der Waals surface area (Å²) in [5.74, 6) is 0.292. The van der Waals surface area contributed by atoms with Gasteiger partial charge >= 0.3 is 6.09 Å². The van der Waals surface area contributed by atoms with Gasteiger partial charge in [0.15, 0.2) is 0 Å². The zero-order valence-electron chi connectivity index (χ0n) is 16.9. The Labute approximate surface area is 161 Å². The molecule has 0 aliphatic carbocycles. The van der Waals surface area contributed by atoms with E-state index >= 15 is 0 Å². The van der Waals surface area contributed by atoms with Crippen molar-refractivity contribution in [2.75, 3.05) is 46.8 Å². The van der Waals surface area contributed by atoms with Crippen molar-refractivity contribution < 1.29 is 19.2 Å². The van der Waals surface area contributed by atoms with E-state index in [2.05, 4.69) is 23.9 Å². The topological polar surface area (TPSA) is 74.7 Å². The second-order valence-electron chi connectivity index (χ2n) is 8.49. The summed E-state index contributed by atoms with van der Waals surface area (Å²) in [7, 11) is 4.06. The van der Waals surface area contributed by atoms with Gasteiger partial charge in [0.25, 0.3) is 5.91 Å². The predicted octanol–water partition coefficient (Wildman–Crippen LogP) is 1.55. The highest BCUT2D eigenvalue weighted by Gasteiger charge is 2.48. The lowest BCUT2D eigenvalue weighted by molar-refractivity contribution is -0.145. The normalized spacial score (nSPS) is 24.6. The van der Waals surface area contributed by atoms with Gasteiger partial charge in [0.2, 0.25) is 6.10 Å². The van der Waals surface area contributed by atoms with Crippen LogP contribution in [0.4, 0.5) is 4.79 Å². The van der Waals surface area contributed by atoms with Crippen LogP contribution in [0, 0.1) is 5.92 Å². The quantitative estimate of drug-likeness (QED) is 0.699. The monoisotopic (exact) mass is 380 g/mol. The Bertz CT molecular complexity index is 597. The van der Waals surface area contributed by atoms with Crippen LogP contribution < -0.4 is 0 Å². The molecule has 0 aromatic heterocycles. The molecule has 0 bridgehead atoms. The van der Waals surface area contributed by atoms with E-state index in [1.54, 1.807) is 0 Å². The number of hydrogen-bond acceptors (Lipinski definition) is 6. The van der Waals surface area contributed by atoms with E-state index in [0.29, 0.717) is 51.4 Å². The van der Waals surface area contributed by atoms with Crippen LogP contribution in [-0.2, 0) is 14.4 Å². The fraction of sp³-hybridized carbons (Fsp3) is 0.842. The molecule has 0 radical (unpaired) electrons. The summed E-state index contributed by atoms with van der Waals surface area (Å²) in [6, 6.07) is 0. The van der Waals surface area contributed by atoms with E-state index in [1.165, 1.54) is 0 Å². The molecule has 3 aliphatic heterocycles. The number of amides is 2. The fourth-order valence-electron chi connectivity index (χ4n) is 3.91. The van der Waals surface area contributed by atoms with Gasteiger partial charge in [-0.15, -0.1) is 0 Å². The first-order valence-electron chi connectivity index (χ1n) is 9.94. The highest BCUT2D eigenvalue weighted by molar-refractivity contribution is 5.93. The molecule has 152 valence electrons. The molecule has 0 N–H and O–H groups in total. The molecule has 1 atom stereocenters. The molecule has 0 aromatic rings. The summed E-state index contributed by atoms with van der Waals surface area (Å²) in [6.07, 6.45) is 2.15. The number of carbonyl (C=O) groups is 2. The number of rotatable bonds is 6. The largest absolute Gasteiger partial charge is 0.441 e. The Kier molecular flexibility index (Phi) is 5.93. The predicted molar refractivity (Wildman–Crippen MR) is 102 cm³/mol. The summed E-state index contributed by atoms with van der Waals surface area (Å²) in [6.45, 7) is 7.58. The number of ether oxygens (including phenoxy) is 1. The minimum absolute atomic E-state index is 0.00332. The van der Waals surface area contributed by atoms with Crippen LogP contribution in [0.2, 0.25) is 0 Å². The lowest BCUT2D eigenvalue weighted by atomic mass is 9.90. The molecule has 8 heteroatoms. The van der Waals surface area contributed by atoms with E-state index in [1.807, 2.05) is 23.9 Å². The maximum Gasteiger partial charge on any atom is 0.410 e. The van der Waals surface area contributed by atoms with Crippen molar-refractivity contribution >= 4 is 17.7 Å². The van der Waals surface area contributed by atoms with Gasteiger partial charge < -0.3 is 24.3 Å². The summed E-state index contributed by atoms with van der Waals surface area (Å²) >= 11 is 0. The van der Waals surface area contributed by atoms with Gasteiger partial charge in [-0.3, -0.25) is 4.79 Å². The number of likely N-dealkylation sites (tertiary alicyclic amines) is 1. The van der Waals surface area contributed by atoms with E-state index in [-0.39, 0.29) is 12.0 Å². The van der Waals surface area contributed by atoms with Crippen molar-refractivity contribution in [2.45, 2.75) is 51.2 Å². The molecule has 2 saturated heterocycles. The maximum absolute atomic E-state index is 12.7. The molecule has 0 aromatic carbocycles. The van der Waals surface area contributed by atoms with Crippen molar-refractivity contribution in [1.29, 1.82) is 0 Å². The lowest BCUT2D eigenvalue weighted by Gasteiger charge is -2.38. The molecule has 3 aliphatic rings. The molecule has 2 amide bonds. The third-order valence-electron chi connectivity index (χ3n) is 5.69. The van der Waals surface area contributed by atoms with Gasteiger partial charge in [-0.05, 0) is 33.0 Å². The zero-order valence-corrected chi connectivity index (χ0v) is 16.9.